The molecule has 0 unspecified atom stereocenters. The maximum atomic E-state index is 12.4. The van der Waals surface area contributed by atoms with Crippen LogP contribution in [0.3, 0.4) is 0 Å². The van der Waals surface area contributed by atoms with Crippen LogP contribution in [-0.2, 0) is 9.53 Å². The van der Waals surface area contributed by atoms with Gasteiger partial charge in [0, 0.05) is 0 Å². The number of hydrogen-bond acceptors (Lipinski definition) is 2. The molecule has 0 atom stereocenters. The number of unbranched alkanes of at least 4 members (excludes halogenated alkanes) is 8. The van der Waals surface area contributed by atoms with Crippen molar-refractivity contribution in [2.75, 3.05) is 6.61 Å². The quantitative estimate of drug-likeness (QED) is 0.205. The highest BCUT2D eigenvalue weighted by molar-refractivity contribution is 5.72. The van der Waals surface area contributed by atoms with E-state index in [1.807, 2.05) is 0 Å². The Morgan fingerprint density at radius 1 is 0.708 bits per heavy atom. The number of rotatable bonds is 17. The fourth-order valence-corrected chi connectivity index (χ4v) is 3.14. The zero-order valence-corrected chi connectivity index (χ0v) is 17.1. The average molecular weight is 341 g/mol. The molecular formula is C22H44O2. The number of ether oxygens (including phenoxy) is 1. The molecule has 0 saturated carbocycles. The lowest BCUT2D eigenvalue weighted by Crippen LogP contribution is -2.18. The van der Waals surface area contributed by atoms with Gasteiger partial charge in [0.05, 0.1) is 12.5 Å². The highest BCUT2D eigenvalue weighted by Crippen LogP contribution is 2.20. The maximum Gasteiger partial charge on any atom is 0.308 e. The molecule has 0 aliphatic rings. The van der Waals surface area contributed by atoms with E-state index in [2.05, 4.69) is 27.7 Å². The Hall–Kier alpha value is -0.530. The first-order valence-electron chi connectivity index (χ1n) is 10.8. The minimum atomic E-state index is 0.0758. The van der Waals surface area contributed by atoms with Crippen molar-refractivity contribution in [3.63, 3.8) is 0 Å². The molecule has 0 saturated heterocycles. The van der Waals surface area contributed by atoms with Crippen LogP contribution in [0.1, 0.15) is 118 Å². The summed E-state index contributed by atoms with van der Waals surface area (Å²) in [6.45, 7) is 9.62. The molecule has 0 bridgehead atoms. The van der Waals surface area contributed by atoms with Gasteiger partial charge in [-0.3, -0.25) is 4.79 Å². The van der Waals surface area contributed by atoms with Crippen molar-refractivity contribution < 1.29 is 9.53 Å². The van der Waals surface area contributed by atoms with Crippen LogP contribution in [0.15, 0.2) is 0 Å². The second kappa shape index (κ2) is 17.3. The number of hydrogen-bond donors (Lipinski definition) is 0. The summed E-state index contributed by atoms with van der Waals surface area (Å²) in [5.74, 6) is 1.00. The zero-order chi connectivity index (χ0) is 18.0. The molecule has 0 spiro atoms. The Kier molecular flexibility index (Phi) is 16.9. The van der Waals surface area contributed by atoms with E-state index in [-0.39, 0.29) is 11.9 Å². The van der Waals surface area contributed by atoms with Crippen molar-refractivity contribution in [2.24, 2.45) is 11.8 Å². The Morgan fingerprint density at radius 3 is 1.71 bits per heavy atom. The molecular weight excluding hydrogens is 296 g/mol. The van der Waals surface area contributed by atoms with Gasteiger partial charge in [0.25, 0.3) is 0 Å². The van der Waals surface area contributed by atoms with E-state index in [9.17, 15) is 4.79 Å². The first kappa shape index (κ1) is 23.5. The van der Waals surface area contributed by atoms with Gasteiger partial charge in [-0.15, -0.1) is 0 Å². The van der Waals surface area contributed by atoms with Crippen molar-refractivity contribution in [2.45, 2.75) is 118 Å². The number of carbonyl (C=O) groups excluding carboxylic acids is 1. The second-order valence-corrected chi connectivity index (χ2v) is 7.81. The van der Waals surface area contributed by atoms with Crippen LogP contribution in [-0.4, -0.2) is 12.6 Å². The average Bonchev–Trinajstić information content (AvgIpc) is 2.56. The molecule has 0 rings (SSSR count). The minimum Gasteiger partial charge on any atom is -0.465 e. The Labute approximate surface area is 152 Å². The van der Waals surface area contributed by atoms with E-state index in [4.69, 9.17) is 4.74 Å². The predicted molar refractivity (Wildman–Crippen MR) is 105 cm³/mol. The first-order chi connectivity index (χ1) is 11.6. The molecule has 0 radical (unpaired) electrons. The van der Waals surface area contributed by atoms with Gasteiger partial charge < -0.3 is 4.74 Å². The predicted octanol–water partition coefficient (Wildman–Crippen LogP) is 7.30. The standard InChI is InChI=1S/C22H44O2/c1-5-7-9-13-17-21(18-14-10-8-6-2)22(23)24-19-15-11-12-16-20(3)4/h20-21H,5-19H2,1-4H3. The number of carbonyl (C=O) groups is 1. The molecule has 2 heteroatoms. The molecule has 0 aromatic carbocycles. The Bertz CT molecular complexity index is 261. The lowest BCUT2D eigenvalue weighted by atomic mass is 9.94. The molecule has 0 aromatic heterocycles. The Balaban J connectivity index is 3.96. The minimum absolute atomic E-state index is 0.0758. The molecule has 0 fully saturated rings. The normalized spacial score (nSPS) is 11.4. The summed E-state index contributed by atoms with van der Waals surface area (Å²) in [6, 6.07) is 0. The van der Waals surface area contributed by atoms with Gasteiger partial charge in [0.15, 0.2) is 0 Å². The zero-order valence-electron chi connectivity index (χ0n) is 17.1. The third kappa shape index (κ3) is 15.0. The summed E-state index contributed by atoms with van der Waals surface area (Å²) in [7, 11) is 0. The summed E-state index contributed by atoms with van der Waals surface area (Å²) in [6.07, 6.45) is 16.7. The molecule has 144 valence electrons. The van der Waals surface area contributed by atoms with Gasteiger partial charge in [0.2, 0.25) is 0 Å². The van der Waals surface area contributed by atoms with E-state index >= 15 is 0 Å². The van der Waals surface area contributed by atoms with Crippen LogP contribution in [0.4, 0.5) is 0 Å². The van der Waals surface area contributed by atoms with Gasteiger partial charge in [-0.2, -0.15) is 0 Å². The van der Waals surface area contributed by atoms with Crippen molar-refractivity contribution in [3.05, 3.63) is 0 Å². The highest BCUT2D eigenvalue weighted by Gasteiger charge is 2.19. The van der Waals surface area contributed by atoms with Crippen LogP contribution in [0.25, 0.3) is 0 Å². The Morgan fingerprint density at radius 2 is 1.21 bits per heavy atom. The summed E-state index contributed by atoms with van der Waals surface area (Å²) in [5.41, 5.74) is 0. The summed E-state index contributed by atoms with van der Waals surface area (Å²) < 4.78 is 5.59. The van der Waals surface area contributed by atoms with Gasteiger partial charge in [-0.25, -0.2) is 0 Å². The van der Waals surface area contributed by atoms with Crippen LogP contribution < -0.4 is 0 Å². The van der Waals surface area contributed by atoms with E-state index in [0.29, 0.717) is 6.61 Å². The fraction of sp³-hybridized carbons (Fsp3) is 0.955. The topological polar surface area (TPSA) is 26.3 Å². The van der Waals surface area contributed by atoms with Crippen LogP contribution >= 0.6 is 0 Å². The third-order valence-electron chi connectivity index (χ3n) is 4.82. The largest absolute Gasteiger partial charge is 0.465 e. The smallest absolute Gasteiger partial charge is 0.308 e. The van der Waals surface area contributed by atoms with Gasteiger partial charge in [-0.05, 0) is 25.2 Å². The maximum absolute atomic E-state index is 12.4. The van der Waals surface area contributed by atoms with E-state index in [1.54, 1.807) is 0 Å². The molecule has 0 heterocycles. The van der Waals surface area contributed by atoms with E-state index in [0.717, 1.165) is 25.2 Å². The van der Waals surface area contributed by atoms with Crippen LogP contribution in [0.5, 0.6) is 0 Å². The van der Waals surface area contributed by atoms with Crippen LogP contribution in [0.2, 0.25) is 0 Å². The number of esters is 1. The van der Waals surface area contributed by atoms with Crippen molar-refractivity contribution in [3.8, 4) is 0 Å². The summed E-state index contributed by atoms with van der Waals surface area (Å²) in [4.78, 5) is 12.4. The summed E-state index contributed by atoms with van der Waals surface area (Å²) >= 11 is 0. The molecule has 24 heavy (non-hydrogen) atoms. The first-order valence-corrected chi connectivity index (χ1v) is 10.8. The molecule has 2 nitrogen and oxygen atoms in total. The van der Waals surface area contributed by atoms with E-state index in [1.165, 1.54) is 70.6 Å². The van der Waals surface area contributed by atoms with Crippen molar-refractivity contribution >= 4 is 5.97 Å². The monoisotopic (exact) mass is 340 g/mol. The highest BCUT2D eigenvalue weighted by atomic mass is 16.5. The second-order valence-electron chi connectivity index (χ2n) is 7.81. The SMILES string of the molecule is CCCCCCC(CCCCCC)C(=O)OCCCCCC(C)C. The molecule has 0 aromatic rings. The summed E-state index contributed by atoms with van der Waals surface area (Å²) in [5, 5.41) is 0. The lowest BCUT2D eigenvalue weighted by molar-refractivity contribution is -0.149. The third-order valence-corrected chi connectivity index (χ3v) is 4.82. The van der Waals surface area contributed by atoms with Gasteiger partial charge in [-0.1, -0.05) is 98.3 Å². The van der Waals surface area contributed by atoms with Crippen LogP contribution in [0, 0.1) is 11.8 Å². The molecule has 0 amide bonds. The molecule has 0 aliphatic heterocycles. The molecule has 0 aliphatic carbocycles. The molecule has 0 N–H and O–H groups in total. The van der Waals surface area contributed by atoms with Crippen molar-refractivity contribution in [1.82, 2.24) is 0 Å². The van der Waals surface area contributed by atoms with E-state index < -0.39 is 0 Å². The van der Waals surface area contributed by atoms with Crippen molar-refractivity contribution in [1.29, 1.82) is 0 Å². The van der Waals surface area contributed by atoms with Gasteiger partial charge in [0.1, 0.15) is 0 Å². The van der Waals surface area contributed by atoms with Gasteiger partial charge >= 0.3 is 5.97 Å². The lowest BCUT2D eigenvalue weighted by Gasteiger charge is -2.16. The fourth-order valence-electron chi connectivity index (χ4n) is 3.14.